The summed E-state index contributed by atoms with van der Waals surface area (Å²) in [4.78, 5) is 0. The van der Waals surface area contributed by atoms with Crippen molar-refractivity contribution in [1.29, 1.82) is 0 Å². The maximum absolute atomic E-state index is 3.54. The van der Waals surface area contributed by atoms with E-state index in [0.717, 1.165) is 6.42 Å². The first-order valence-corrected chi connectivity index (χ1v) is 8.38. The zero-order valence-corrected chi connectivity index (χ0v) is 14.5. The van der Waals surface area contributed by atoms with Crippen LogP contribution >= 0.6 is 0 Å². The lowest BCUT2D eigenvalue weighted by Gasteiger charge is -2.33. The van der Waals surface area contributed by atoms with Gasteiger partial charge in [0, 0.05) is 30.2 Å². The molecule has 2 aromatic carbocycles. The van der Waals surface area contributed by atoms with Crippen molar-refractivity contribution >= 4 is 5.69 Å². The van der Waals surface area contributed by atoms with Crippen LogP contribution in [0.5, 0.6) is 0 Å². The van der Waals surface area contributed by atoms with Crippen molar-refractivity contribution in [3.8, 4) is 0 Å². The molecule has 1 aliphatic rings. The van der Waals surface area contributed by atoms with Crippen LogP contribution in [-0.2, 0) is 5.41 Å². The Labute approximate surface area is 139 Å². The average molecular weight is 309 g/mol. The van der Waals surface area contributed by atoms with Crippen LogP contribution in [0.2, 0.25) is 0 Å². The molecule has 0 bridgehead atoms. The fraction of sp³-hybridized carbons (Fsp3) is 0.400. The van der Waals surface area contributed by atoms with Gasteiger partial charge in [-0.05, 0) is 36.1 Å². The molecule has 0 radical (unpaired) electrons. The van der Waals surface area contributed by atoms with Crippen LogP contribution in [0.15, 0.2) is 48.5 Å². The Hall–Kier alpha value is -1.84. The molecule has 2 unspecified atom stereocenters. The summed E-state index contributed by atoms with van der Waals surface area (Å²) in [7, 11) is 1.99. The van der Waals surface area contributed by atoms with Crippen LogP contribution in [0.3, 0.4) is 0 Å². The van der Waals surface area contributed by atoms with E-state index in [1.807, 2.05) is 7.05 Å². The van der Waals surface area contributed by atoms with Gasteiger partial charge in [0.2, 0.25) is 0 Å². The molecule has 3 heteroatoms. The zero-order valence-electron chi connectivity index (χ0n) is 14.5. The summed E-state index contributed by atoms with van der Waals surface area (Å²) in [5.74, 6) is 0. The lowest BCUT2D eigenvalue weighted by atomic mass is 9.75. The van der Waals surface area contributed by atoms with Crippen LogP contribution in [0.25, 0.3) is 0 Å². The quantitative estimate of drug-likeness (QED) is 0.801. The van der Waals surface area contributed by atoms with E-state index in [-0.39, 0.29) is 5.41 Å². The maximum atomic E-state index is 3.54. The molecule has 1 fully saturated rings. The van der Waals surface area contributed by atoms with Gasteiger partial charge in [0.25, 0.3) is 0 Å². The second-order valence-electron chi connectivity index (χ2n) is 7.00. The molecule has 0 aromatic heterocycles. The Morgan fingerprint density at radius 3 is 2.43 bits per heavy atom. The van der Waals surface area contributed by atoms with Gasteiger partial charge in [-0.25, -0.2) is 5.43 Å². The molecule has 23 heavy (non-hydrogen) atoms. The number of nitrogens with one attached hydrogen (secondary N) is 3. The van der Waals surface area contributed by atoms with Crippen molar-refractivity contribution in [2.24, 2.45) is 0 Å². The lowest BCUT2D eigenvalue weighted by Crippen LogP contribution is -2.44. The number of hydrogen-bond acceptors (Lipinski definition) is 3. The maximum Gasteiger partial charge on any atom is 0.0480 e. The van der Waals surface area contributed by atoms with E-state index in [1.54, 1.807) is 0 Å². The minimum atomic E-state index is 0.0318. The molecule has 0 amide bonds. The van der Waals surface area contributed by atoms with Gasteiger partial charge < -0.3 is 5.32 Å². The van der Waals surface area contributed by atoms with Gasteiger partial charge in [0.1, 0.15) is 0 Å². The molecule has 3 rings (SSSR count). The molecule has 3 nitrogen and oxygen atoms in total. The van der Waals surface area contributed by atoms with E-state index in [1.165, 1.54) is 22.4 Å². The third-order valence-corrected chi connectivity index (χ3v) is 5.23. The second kappa shape index (κ2) is 6.34. The van der Waals surface area contributed by atoms with E-state index in [2.05, 4.69) is 85.5 Å². The van der Waals surface area contributed by atoms with Gasteiger partial charge in [0.15, 0.2) is 0 Å². The van der Waals surface area contributed by atoms with Crippen molar-refractivity contribution in [3.05, 3.63) is 65.2 Å². The minimum absolute atomic E-state index is 0.0318. The number of benzene rings is 2. The highest BCUT2D eigenvalue weighted by Crippen LogP contribution is 2.38. The van der Waals surface area contributed by atoms with Crippen molar-refractivity contribution in [3.63, 3.8) is 0 Å². The molecule has 1 aliphatic heterocycles. The SMILES string of the molecule is CNc1ccccc1C(C)(C)C1CC(c2ccccc2C)NN1. The number of anilines is 1. The van der Waals surface area contributed by atoms with Gasteiger partial charge in [-0.2, -0.15) is 0 Å². The third kappa shape index (κ3) is 2.99. The molecule has 1 heterocycles. The van der Waals surface area contributed by atoms with Crippen molar-refractivity contribution in [2.75, 3.05) is 12.4 Å². The van der Waals surface area contributed by atoms with Crippen LogP contribution < -0.4 is 16.2 Å². The predicted octanol–water partition coefficient (Wildman–Crippen LogP) is 3.92. The highest BCUT2D eigenvalue weighted by molar-refractivity contribution is 5.54. The van der Waals surface area contributed by atoms with Crippen LogP contribution in [0.4, 0.5) is 5.69 Å². The van der Waals surface area contributed by atoms with Gasteiger partial charge in [-0.3, -0.25) is 5.43 Å². The van der Waals surface area contributed by atoms with E-state index in [0.29, 0.717) is 12.1 Å². The summed E-state index contributed by atoms with van der Waals surface area (Å²) >= 11 is 0. The highest BCUT2D eigenvalue weighted by Gasteiger charge is 2.38. The summed E-state index contributed by atoms with van der Waals surface area (Å²) in [6.45, 7) is 6.83. The second-order valence-corrected chi connectivity index (χ2v) is 7.00. The van der Waals surface area contributed by atoms with E-state index >= 15 is 0 Å². The van der Waals surface area contributed by atoms with Crippen molar-refractivity contribution < 1.29 is 0 Å². The van der Waals surface area contributed by atoms with Gasteiger partial charge >= 0.3 is 0 Å². The highest BCUT2D eigenvalue weighted by atomic mass is 15.4. The Bertz CT molecular complexity index is 678. The van der Waals surface area contributed by atoms with Crippen molar-refractivity contribution in [1.82, 2.24) is 10.9 Å². The number of hydrogen-bond donors (Lipinski definition) is 3. The molecule has 0 saturated carbocycles. The van der Waals surface area contributed by atoms with Gasteiger partial charge in [-0.15, -0.1) is 0 Å². The zero-order chi connectivity index (χ0) is 16.4. The molecule has 0 aliphatic carbocycles. The molecule has 1 saturated heterocycles. The first-order valence-electron chi connectivity index (χ1n) is 8.38. The number of hydrazine groups is 1. The molecule has 2 atom stereocenters. The molecular formula is C20H27N3. The fourth-order valence-electron chi connectivity index (χ4n) is 3.66. The van der Waals surface area contributed by atoms with Crippen LogP contribution in [-0.4, -0.2) is 13.1 Å². The summed E-state index contributed by atoms with van der Waals surface area (Å²) < 4.78 is 0. The van der Waals surface area contributed by atoms with Crippen molar-refractivity contribution in [2.45, 2.75) is 44.7 Å². The fourth-order valence-corrected chi connectivity index (χ4v) is 3.66. The van der Waals surface area contributed by atoms with E-state index in [9.17, 15) is 0 Å². The summed E-state index contributed by atoms with van der Waals surface area (Å²) in [5.41, 5.74) is 12.4. The van der Waals surface area contributed by atoms with Gasteiger partial charge in [0.05, 0.1) is 0 Å². The average Bonchev–Trinajstić information content (AvgIpc) is 3.06. The summed E-state index contributed by atoms with van der Waals surface area (Å²) in [6.07, 6.45) is 1.08. The lowest BCUT2D eigenvalue weighted by molar-refractivity contribution is 0.364. The number of aryl methyl sites for hydroxylation is 1. The monoisotopic (exact) mass is 309 g/mol. The minimum Gasteiger partial charge on any atom is -0.388 e. The summed E-state index contributed by atoms with van der Waals surface area (Å²) in [5, 5.41) is 3.33. The van der Waals surface area contributed by atoms with Crippen LogP contribution in [0.1, 0.15) is 43.0 Å². The molecule has 0 spiro atoms. The van der Waals surface area contributed by atoms with E-state index < -0.39 is 0 Å². The Morgan fingerprint density at radius 2 is 1.70 bits per heavy atom. The molecule has 3 N–H and O–H groups in total. The first-order chi connectivity index (χ1) is 11.0. The Morgan fingerprint density at radius 1 is 1.00 bits per heavy atom. The molecular weight excluding hydrogens is 282 g/mol. The Balaban J connectivity index is 1.84. The Kier molecular flexibility index (Phi) is 4.42. The molecule has 2 aromatic rings. The molecule has 122 valence electrons. The normalized spacial score (nSPS) is 21.4. The standard InChI is InChI=1S/C20H27N3/c1-14-9-5-6-10-15(14)18-13-19(23-22-18)20(2,3)16-11-7-8-12-17(16)21-4/h5-12,18-19,21-23H,13H2,1-4H3. The predicted molar refractivity (Wildman–Crippen MR) is 97.6 cm³/mol. The van der Waals surface area contributed by atoms with Gasteiger partial charge in [-0.1, -0.05) is 56.3 Å². The first kappa shape index (κ1) is 16.0. The third-order valence-electron chi connectivity index (χ3n) is 5.23. The largest absolute Gasteiger partial charge is 0.388 e. The number of para-hydroxylation sites is 1. The topological polar surface area (TPSA) is 36.1 Å². The van der Waals surface area contributed by atoms with Crippen LogP contribution in [0, 0.1) is 6.92 Å². The smallest absolute Gasteiger partial charge is 0.0480 e. The summed E-state index contributed by atoms with van der Waals surface area (Å²) in [6, 6.07) is 18.0. The number of rotatable bonds is 4. The van der Waals surface area contributed by atoms with E-state index in [4.69, 9.17) is 0 Å².